The Kier molecular flexibility index (Phi) is 5.25. The number of nitrogens with zero attached hydrogens (tertiary/aromatic N) is 2. The van der Waals surface area contributed by atoms with Crippen molar-refractivity contribution >= 4 is 0 Å². The van der Waals surface area contributed by atoms with Crippen molar-refractivity contribution in [1.82, 2.24) is 4.90 Å². The molecule has 1 atom stereocenters. The molecule has 1 aromatic carbocycles. The first kappa shape index (κ1) is 14.7. The Morgan fingerprint density at radius 3 is 3.00 bits per heavy atom. The van der Waals surface area contributed by atoms with E-state index in [4.69, 9.17) is 14.7 Å². The standard InChI is InChI=1S/C16H22N2O2/c1-13-5-6-15(16(10-13)19-2)20-9-8-18-7-3-4-14(11-17)12-18/h5-6,10,14H,3-4,7-9,12H2,1-2H3/t14-/m0/s1. The van der Waals surface area contributed by atoms with Crippen molar-refractivity contribution < 1.29 is 9.47 Å². The molecule has 0 bridgehead atoms. The molecule has 1 aliphatic heterocycles. The first-order valence-corrected chi connectivity index (χ1v) is 7.12. The molecule has 0 aromatic heterocycles. The average molecular weight is 274 g/mol. The minimum absolute atomic E-state index is 0.178. The smallest absolute Gasteiger partial charge is 0.161 e. The van der Waals surface area contributed by atoms with E-state index in [-0.39, 0.29) is 5.92 Å². The number of hydrogen-bond donors (Lipinski definition) is 0. The Morgan fingerprint density at radius 1 is 1.40 bits per heavy atom. The number of rotatable bonds is 5. The number of hydrogen-bond acceptors (Lipinski definition) is 4. The Hall–Kier alpha value is -1.73. The molecule has 0 spiro atoms. The third kappa shape index (κ3) is 3.88. The Labute approximate surface area is 120 Å². The molecule has 0 saturated carbocycles. The lowest BCUT2D eigenvalue weighted by Crippen LogP contribution is -2.37. The van der Waals surface area contributed by atoms with Crippen LogP contribution in [0.15, 0.2) is 18.2 Å². The minimum Gasteiger partial charge on any atom is -0.493 e. The van der Waals surface area contributed by atoms with E-state index < -0.39 is 0 Å². The van der Waals surface area contributed by atoms with E-state index in [2.05, 4.69) is 11.0 Å². The van der Waals surface area contributed by atoms with Gasteiger partial charge in [-0.05, 0) is 44.0 Å². The molecule has 4 heteroatoms. The highest BCUT2D eigenvalue weighted by Crippen LogP contribution is 2.27. The molecule has 1 saturated heterocycles. The second-order valence-corrected chi connectivity index (χ2v) is 5.27. The molecule has 1 heterocycles. The normalized spacial score (nSPS) is 19.4. The number of piperidine rings is 1. The van der Waals surface area contributed by atoms with Crippen LogP contribution in [-0.2, 0) is 0 Å². The summed E-state index contributed by atoms with van der Waals surface area (Å²) in [5.41, 5.74) is 1.15. The van der Waals surface area contributed by atoms with Crippen LogP contribution in [0.1, 0.15) is 18.4 Å². The molecule has 2 rings (SSSR count). The van der Waals surface area contributed by atoms with Crippen LogP contribution in [0.2, 0.25) is 0 Å². The highest BCUT2D eigenvalue weighted by Gasteiger charge is 2.19. The Bertz CT molecular complexity index is 482. The molecular formula is C16H22N2O2. The second kappa shape index (κ2) is 7.16. The highest BCUT2D eigenvalue weighted by atomic mass is 16.5. The topological polar surface area (TPSA) is 45.5 Å². The van der Waals surface area contributed by atoms with Gasteiger partial charge in [-0.1, -0.05) is 6.07 Å². The quantitative estimate of drug-likeness (QED) is 0.828. The molecule has 0 amide bonds. The van der Waals surface area contributed by atoms with Crippen molar-refractivity contribution in [2.24, 2.45) is 5.92 Å². The molecule has 1 aliphatic rings. The van der Waals surface area contributed by atoms with Crippen LogP contribution < -0.4 is 9.47 Å². The van der Waals surface area contributed by atoms with Crippen molar-refractivity contribution in [2.75, 3.05) is 33.4 Å². The van der Waals surface area contributed by atoms with Crippen molar-refractivity contribution in [3.63, 3.8) is 0 Å². The molecule has 1 aromatic rings. The number of likely N-dealkylation sites (tertiary alicyclic amines) is 1. The molecular weight excluding hydrogens is 252 g/mol. The molecule has 0 N–H and O–H groups in total. The van der Waals surface area contributed by atoms with Gasteiger partial charge in [0.05, 0.1) is 19.1 Å². The summed E-state index contributed by atoms with van der Waals surface area (Å²) < 4.78 is 11.1. The van der Waals surface area contributed by atoms with Crippen molar-refractivity contribution in [3.05, 3.63) is 23.8 Å². The zero-order valence-electron chi connectivity index (χ0n) is 12.3. The van der Waals surface area contributed by atoms with Gasteiger partial charge in [-0.3, -0.25) is 4.90 Å². The van der Waals surface area contributed by atoms with E-state index in [0.29, 0.717) is 6.61 Å². The van der Waals surface area contributed by atoms with Gasteiger partial charge in [0.25, 0.3) is 0 Å². The zero-order valence-corrected chi connectivity index (χ0v) is 12.3. The first-order chi connectivity index (χ1) is 9.72. The van der Waals surface area contributed by atoms with Crippen LogP contribution in [0.3, 0.4) is 0 Å². The number of benzene rings is 1. The van der Waals surface area contributed by atoms with E-state index >= 15 is 0 Å². The maximum atomic E-state index is 8.98. The Morgan fingerprint density at radius 2 is 2.25 bits per heavy atom. The van der Waals surface area contributed by atoms with E-state index in [9.17, 15) is 0 Å². The molecule has 108 valence electrons. The van der Waals surface area contributed by atoms with E-state index in [1.165, 1.54) is 0 Å². The van der Waals surface area contributed by atoms with Crippen molar-refractivity contribution in [1.29, 1.82) is 5.26 Å². The van der Waals surface area contributed by atoms with Crippen LogP contribution in [0.4, 0.5) is 0 Å². The third-order valence-electron chi connectivity index (χ3n) is 3.67. The van der Waals surface area contributed by atoms with Gasteiger partial charge >= 0.3 is 0 Å². The van der Waals surface area contributed by atoms with Crippen LogP contribution in [0.5, 0.6) is 11.5 Å². The second-order valence-electron chi connectivity index (χ2n) is 5.27. The van der Waals surface area contributed by atoms with Crippen LogP contribution in [-0.4, -0.2) is 38.3 Å². The average Bonchev–Trinajstić information content (AvgIpc) is 2.49. The van der Waals surface area contributed by atoms with Gasteiger partial charge in [-0.2, -0.15) is 5.26 Å². The van der Waals surface area contributed by atoms with Crippen molar-refractivity contribution in [3.8, 4) is 17.6 Å². The molecule has 0 aliphatic carbocycles. The summed E-state index contributed by atoms with van der Waals surface area (Å²) in [6, 6.07) is 8.30. The summed E-state index contributed by atoms with van der Waals surface area (Å²) in [5.74, 6) is 1.74. The number of aryl methyl sites for hydroxylation is 1. The van der Waals surface area contributed by atoms with Gasteiger partial charge in [0.2, 0.25) is 0 Å². The van der Waals surface area contributed by atoms with Crippen molar-refractivity contribution in [2.45, 2.75) is 19.8 Å². The summed E-state index contributed by atoms with van der Waals surface area (Å²) in [5, 5.41) is 8.98. The lowest BCUT2D eigenvalue weighted by Gasteiger charge is -2.29. The molecule has 4 nitrogen and oxygen atoms in total. The SMILES string of the molecule is COc1cc(C)ccc1OCCN1CCC[C@@H](C#N)C1. The maximum absolute atomic E-state index is 8.98. The van der Waals surface area contributed by atoms with Gasteiger partial charge in [0.1, 0.15) is 6.61 Å². The van der Waals surface area contributed by atoms with Gasteiger partial charge in [-0.25, -0.2) is 0 Å². The van der Waals surface area contributed by atoms with Crippen LogP contribution in [0.25, 0.3) is 0 Å². The maximum Gasteiger partial charge on any atom is 0.161 e. The van der Waals surface area contributed by atoms with Crippen LogP contribution >= 0.6 is 0 Å². The van der Waals surface area contributed by atoms with Gasteiger partial charge in [0, 0.05) is 13.1 Å². The largest absolute Gasteiger partial charge is 0.493 e. The highest BCUT2D eigenvalue weighted by molar-refractivity contribution is 5.42. The first-order valence-electron chi connectivity index (χ1n) is 7.12. The fourth-order valence-corrected chi connectivity index (χ4v) is 2.54. The fraction of sp³-hybridized carbons (Fsp3) is 0.562. The number of nitriles is 1. The number of methoxy groups -OCH3 is 1. The Balaban J connectivity index is 1.82. The molecule has 0 radical (unpaired) electrons. The molecule has 1 fully saturated rings. The van der Waals surface area contributed by atoms with E-state index in [1.54, 1.807) is 7.11 Å². The van der Waals surface area contributed by atoms with Gasteiger partial charge in [-0.15, -0.1) is 0 Å². The molecule has 20 heavy (non-hydrogen) atoms. The third-order valence-corrected chi connectivity index (χ3v) is 3.67. The van der Waals surface area contributed by atoms with E-state index in [0.717, 1.165) is 49.5 Å². The molecule has 0 unspecified atom stereocenters. The summed E-state index contributed by atoms with van der Waals surface area (Å²) in [6.07, 6.45) is 2.13. The predicted molar refractivity (Wildman–Crippen MR) is 78.0 cm³/mol. The minimum atomic E-state index is 0.178. The monoisotopic (exact) mass is 274 g/mol. The lowest BCUT2D eigenvalue weighted by atomic mass is 10.00. The zero-order chi connectivity index (χ0) is 14.4. The van der Waals surface area contributed by atoms with E-state index in [1.807, 2.05) is 25.1 Å². The summed E-state index contributed by atoms with van der Waals surface area (Å²) in [7, 11) is 1.66. The fourth-order valence-electron chi connectivity index (χ4n) is 2.54. The van der Waals surface area contributed by atoms with Gasteiger partial charge in [0.15, 0.2) is 11.5 Å². The predicted octanol–water partition coefficient (Wildman–Crippen LogP) is 2.62. The summed E-state index contributed by atoms with van der Waals surface area (Å²) in [6.45, 7) is 5.44. The van der Waals surface area contributed by atoms with Crippen LogP contribution in [0, 0.1) is 24.2 Å². The van der Waals surface area contributed by atoms with Gasteiger partial charge < -0.3 is 9.47 Å². The summed E-state index contributed by atoms with van der Waals surface area (Å²) in [4.78, 5) is 2.30. The summed E-state index contributed by atoms with van der Waals surface area (Å²) >= 11 is 0. The number of ether oxygens (including phenoxy) is 2. The lowest BCUT2D eigenvalue weighted by molar-refractivity contribution is 0.162.